The second kappa shape index (κ2) is 5.53. The fourth-order valence-corrected chi connectivity index (χ4v) is 2.89. The number of imidazole rings is 1. The highest BCUT2D eigenvalue weighted by molar-refractivity contribution is 7.98. The molecule has 0 aliphatic carbocycles. The van der Waals surface area contributed by atoms with Crippen molar-refractivity contribution in [1.82, 2.24) is 9.55 Å². The SMILES string of the molecule is CSc1ccc(N(C)c2cc(N)c3ncn(C)c3c2)c(F)c1. The minimum absolute atomic E-state index is 0.252. The molecule has 0 spiro atoms. The predicted molar refractivity (Wildman–Crippen MR) is 91.4 cm³/mol. The maximum Gasteiger partial charge on any atom is 0.147 e. The Morgan fingerprint density at radius 3 is 2.73 bits per heavy atom. The zero-order valence-electron chi connectivity index (χ0n) is 12.7. The second-order valence-electron chi connectivity index (χ2n) is 5.13. The summed E-state index contributed by atoms with van der Waals surface area (Å²) in [7, 11) is 3.74. The Balaban J connectivity index is 2.08. The largest absolute Gasteiger partial charge is 0.397 e. The molecule has 22 heavy (non-hydrogen) atoms. The summed E-state index contributed by atoms with van der Waals surface area (Å²) in [5.74, 6) is -0.252. The molecule has 0 atom stereocenters. The number of hydrogen-bond donors (Lipinski definition) is 1. The fourth-order valence-electron chi connectivity index (χ4n) is 2.46. The number of benzene rings is 2. The smallest absolute Gasteiger partial charge is 0.147 e. The summed E-state index contributed by atoms with van der Waals surface area (Å²) in [5.41, 5.74) is 9.67. The first kappa shape index (κ1) is 14.7. The van der Waals surface area contributed by atoms with Gasteiger partial charge in [0.15, 0.2) is 0 Å². The van der Waals surface area contributed by atoms with E-state index in [1.807, 2.05) is 43.1 Å². The molecule has 0 aliphatic rings. The van der Waals surface area contributed by atoms with Gasteiger partial charge in [-0.1, -0.05) is 0 Å². The van der Waals surface area contributed by atoms with Crippen LogP contribution in [0.1, 0.15) is 0 Å². The Morgan fingerprint density at radius 1 is 1.27 bits per heavy atom. The number of nitrogen functional groups attached to an aromatic ring is 1. The van der Waals surface area contributed by atoms with Crippen molar-refractivity contribution in [3.05, 3.63) is 42.5 Å². The topological polar surface area (TPSA) is 47.1 Å². The molecule has 0 bridgehead atoms. The number of hydrogen-bond acceptors (Lipinski definition) is 4. The summed E-state index contributed by atoms with van der Waals surface area (Å²) < 4.78 is 16.2. The monoisotopic (exact) mass is 316 g/mol. The maximum atomic E-state index is 14.3. The van der Waals surface area contributed by atoms with E-state index < -0.39 is 0 Å². The van der Waals surface area contributed by atoms with Crippen LogP contribution < -0.4 is 10.6 Å². The van der Waals surface area contributed by atoms with Gasteiger partial charge in [-0.15, -0.1) is 11.8 Å². The highest BCUT2D eigenvalue weighted by atomic mass is 32.2. The van der Waals surface area contributed by atoms with Gasteiger partial charge < -0.3 is 15.2 Å². The zero-order valence-corrected chi connectivity index (χ0v) is 13.5. The molecule has 0 saturated carbocycles. The van der Waals surface area contributed by atoms with Crippen LogP contribution in [0.5, 0.6) is 0 Å². The van der Waals surface area contributed by atoms with E-state index >= 15 is 0 Å². The Labute approximate surface area is 132 Å². The van der Waals surface area contributed by atoms with Crippen molar-refractivity contribution < 1.29 is 4.39 Å². The van der Waals surface area contributed by atoms with Gasteiger partial charge in [-0.25, -0.2) is 9.37 Å². The molecular weight excluding hydrogens is 299 g/mol. The van der Waals surface area contributed by atoms with Crippen molar-refractivity contribution >= 4 is 39.9 Å². The van der Waals surface area contributed by atoms with Crippen LogP contribution in [-0.4, -0.2) is 22.9 Å². The van der Waals surface area contributed by atoms with E-state index in [4.69, 9.17) is 5.73 Å². The number of aromatic nitrogens is 2. The molecule has 2 aromatic carbocycles. The van der Waals surface area contributed by atoms with Crippen molar-refractivity contribution in [3.63, 3.8) is 0 Å². The molecule has 2 N–H and O–H groups in total. The van der Waals surface area contributed by atoms with Crippen LogP contribution in [0, 0.1) is 5.82 Å². The summed E-state index contributed by atoms with van der Waals surface area (Å²) in [6, 6.07) is 9.01. The van der Waals surface area contributed by atoms with Gasteiger partial charge in [-0.3, -0.25) is 0 Å². The lowest BCUT2D eigenvalue weighted by Gasteiger charge is -2.21. The van der Waals surface area contributed by atoms with Crippen LogP contribution in [0.25, 0.3) is 11.0 Å². The van der Waals surface area contributed by atoms with Crippen molar-refractivity contribution in [2.24, 2.45) is 7.05 Å². The fraction of sp³-hybridized carbons (Fsp3) is 0.188. The average molecular weight is 316 g/mol. The van der Waals surface area contributed by atoms with E-state index in [9.17, 15) is 4.39 Å². The van der Waals surface area contributed by atoms with E-state index in [-0.39, 0.29) is 5.82 Å². The molecule has 4 nitrogen and oxygen atoms in total. The first-order chi connectivity index (χ1) is 10.5. The predicted octanol–water partition coefficient (Wildman–Crippen LogP) is 3.78. The lowest BCUT2D eigenvalue weighted by molar-refractivity contribution is 0.624. The summed E-state index contributed by atoms with van der Waals surface area (Å²) in [4.78, 5) is 6.97. The van der Waals surface area contributed by atoms with E-state index in [1.165, 1.54) is 11.8 Å². The van der Waals surface area contributed by atoms with Crippen molar-refractivity contribution in [3.8, 4) is 0 Å². The van der Waals surface area contributed by atoms with Crippen molar-refractivity contribution in [2.45, 2.75) is 4.90 Å². The van der Waals surface area contributed by atoms with Gasteiger partial charge in [0.25, 0.3) is 0 Å². The van der Waals surface area contributed by atoms with E-state index in [0.717, 1.165) is 21.6 Å². The number of fused-ring (bicyclic) bond motifs is 1. The van der Waals surface area contributed by atoms with Crippen LogP contribution in [0.15, 0.2) is 41.6 Å². The Bertz CT molecular complexity index is 844. The minimum atomic E-state index is -0.252. The van der Waals surface area contributed by atoms with Gasteiger partial charge in [0.2, 0.25) is 0 Å². The molecule has 0 saturated heterocycles. The summed E-state index contributed by atoms with van der Waals surface area (Å²) in [6.45, 7) is 0. The highest BCUT2D eigenvalue weighted by Gasteiger charge is 2.13. The third-order valence-electron chi connectivity index (χ3n) is 3.75. The number of anilines is 3. The molecule has 0 amide bonds. The Kier molecular flexibility index (Phi) is 3.70. The lowest BCUT2D eigenvalue weighted by Crippen LogP contribution is -2.12. The van der Waals surface area contributed by atoms with Gasteiger partial charge in [0.05, 0.1) is 23.2 Å². The van der Waals surface area contributed by atoms with E-state index in [2.05, 4.69) is 4.98 Å². The molecule has 6 heteroatoms. The minimum Gasteiger partial charge on any atom is -0.397 e. The number of nitrogens with zero attached hydrogens (tertiary/aromatic N) is 3. The normalized spacial score (nSPS) is 11.1. The molecule has 0 unspecified atom stereocenters. The zero-order chi connectivity index (χ0) is 15.9. The van der Waals surface area contributed by atoms with E-state index in [0.29, 0.717) is 11.4 Å². The Hall–Kier alpha value is -2.21. The maximum absolute atomic E-state index is 14.3. The van der Waals surface area contributed by atoms with E-state index in [1.54, 1.807) is 23.4 Å². The molecule has 1 heterocycles. The third kappa shape index (κ3) is 2.39. The molecule has 3 rings (SSSR count). The van der Waals surface area contributed by atoms with Gasteiger partial charge in [0.1, 0.15) is 11.3 Å². The number of nitrogens with two attached hydrogens (primary N) is 1. The van der Waals surface area contributed by atoms with Crippen molar-refractivity contribution in [1.29, 1.82) is 0 Å². The number of rotatable bonds is 3. The van der Waals surface area contributed by atoms with Crippen molar-refractivity contribution in [2.75, 3.05) is 23.9 Å². The molecule has 114 valence electrons. The third-order valence-corrected chi connectivity index (χ3v) is 4.47. The molecule has 1 aromatic heterocycles. The average Bonchev–Trinajstić information content (AvgIpc) is 2.88. The molecular formula is C16H17FN4S. The lowest BCUT2D eigenvalue weighted by atomic mass is 10.2. The van der Waals surface area contributed by atoms with Crippen LogP contribution >= 0.6 is 11.8 Å². The van der Waals surface area contributed by atoms with Gasteiger partial charge in [-0.05, 0) is 36.6 Å². The van der Waals surface area contributed by atoms with Gasteiger partial charge in [0, 0.05) is 24.7 Å². The number of halogens is 1. The molecule has 3 aromatic rings. The summed E-state index contributed by atoms with van der Waals surface area (Å²) >= 11 is 1.52. The van der Waals surface area contributed by atoms with Crippen LogP contribution in [0.3, 0.4) is 0 Å². The molecule has 0 radical (unpaired) electrons. The standard InChI is InChI=1S/C16H17FN4S/c1-20-9-19-16-13(18)6-10(7-15(16)20)21(2)14-5-4-11(22-3)8-12(14)17/h4-9H,18H2,1-3H3. The van der Waals surface area contributed by atoms with Crippen LogP contribution in [-0.2, 0) is 7.05 Å². The van der Waals surface area contributed by atoms with Crippen LogP contribution in [0.2, 0.25) is 0 Å². The molecule has 0 fully saturated rings. The van der Waals surface area contributed by atoms with Crippen LogP contribution in [0.4, 0.5) is 21.5 Å². The Morgan fingerprint density at radius 2 is 2.05 bits per heavy atom. The summed E-state index contributed by atoms with van der Waals surface area (Å²) in [6.07, 6.45) is 3.65. The summed E-state index contributed by atoms with van der Waals surface area (Å²) in [5, 5.41) is 0. The first-order valence-corrected chi connectivity index (χ1v) is 8.01. The first-order valence-electron chi connectivity index (χ1n) is 6.79. The van der Waals surface area contributed by atoms with Gasteiger partial charge in [-0.2, -0.15) is 0 Å². The number of aryl methyl sites for hydroxylation is 1. The second-order valence-corrected chi connectivity index (χ2v) is 6.01. The highest BCUT2D eigenvalue weighted by Crippen LogP contribution is 2.32. The molecule has 0 aliphatic heterocycles. The van der Waals surface area contributed by atoms with Gasteiger partial charge >= 0.3 is 0 Å². The number of thioether (sulfide) groups is 1. The quantitative estimate of drug-likeness (QED) is 0.590.